The first-order valence-corrected chi connectivity index (χ1v) is 7.04. The highest BCUT2D eigenvalue weighted by atomic mass is 16.3. The molecule has 17 heavy (non-hydrogen) atoms. The fourth-order valence-corrected chi connectivity index (χ4v) is 2.68. The van der Waals surface area contributed by atoms with E-state index in [1.807, 2.05) is 6.92 Å². The van der Waals surface area contributed by atoms with Gasteiger partial charge in [-0.25, -0.2) is 0 Å². The van der Waals surface area contributed by atoms with Crippen molar-refractivity contribution in [1.29, 1.82) is 0 Å². The van der Waals surface area contributed by atoms with Gasteiger partial charge in [0.1, 0.15) is 0 Å². The lowest BCUT2D eigenvalue weighted by Gasteiger charge is -2.34. The molecular formula is C14H30N2O. The minimum Gasteiger partial charge on any atom is -0.394 e. The van der Waals surface area contributed by atoms with Gasteiger partial charge in [0.2, 0.25) is 0 Å². The number of hydrogen-bond donors (Lipinski definition) is 2. The van der Waals surface area contributed by atoms with Crippen LogP contribution in [-0.4, -0.2) is 41.8 Å². The molecule has 102 valence electrons. The summed E-state index contributed by atoms with van der Waals surface area (Å²) in [5.74, 6) is 0.918. The maximum atomic E-state index is 9.10. The van der Waals surface area contributed by atoms with E-state index in [1.165, 1.54) is 25.7 Å². The Bertz CT molecular complexity index is 210. The standard InChI is InChI=1S/C14H30N2O/c1-12-5-7-13(8-6-12)16(3)10-4-9-14(2,15)11-17/h12-13,17H,4-11,15H2,1-3H3. The quantitative estimate of drug-likeness (QED) is 0.749. The Labute approximate surface area is 106 Å². The molecule has 3 nitrogen and oxygen atoms in total. The Morgan fingerprint density at radius 2 is 1.88 bits per heavy atom. The molecule has 1 atom stereocenters. The number of aliphatic hydroxyl groups is 1. The zero-order chi connectivity index (χ0) is 12.9. The van der Waals surface area contributed by atoms with Crippen LogP contribution >= 0.6 is 0 Å². The second-order valence-electron chi connectivity index (χ2n) is 6.31. The fourth-order valence-electron chi connectivity index (χ4n) is 2.68. The zero-order valence-corrected chi connectivity index (χ0v) is 11.8. The molecule has 0 spiro atoms. The van der Waals surface area contributed by atoms with Crippen LogP contribution in [0.3, 0.4) is 0 Å². The van der Waals surface area contributed by atoms with Gasteiger partial charge in [0.25, 0.3) is 0 Å². The van der Waals surface area contributed by atoms with Crippen molar-refractivity contribution in [2.24, 2.45) is 11.7 Å². The summed E-state index contributed by atoms with van der Waals surface area (Å²) >= 11 is 0. The van der Waals surface area contributed by atoms with Crippen LogP contribution in [0.1, 0.15) is 52.4 Å². The fraction of sp³-hybridized carbons (Fsp3) is 1.00. The monoisotopic (exact) mass is 242 g/mol. The van der Waals surface area contributed by atoms with Crippen LogP contribution in [0.4, 0.5) is 0 Å². The number of hydrogen-bond acceptors (Lipinski definition) is 3. The van der Waals surface area contributed by atoms with Crippen LogP contribution in [0.25, 0.3) is 0 Å². The van der Waals surface area contributed by atoms with Crippen LogP contribution in [-0.2, 0) is 0 Å². The molecule has 0 amide bonds. The summed E-state index contributed by atoms with van der Waals surface area (Å²) in [7, 11) is 2.23. The maximum Gasteiger partial charge on any atom is 0.0608 e. The Balaban J connectivity index is 2.19. The van der Waals surface area contributed by atoms with Crippen molar-refractivity contribution in [3.05, 3.63) is 0 Å². The van der Waals surface area contributed by atoms with Crippen LogP contribution < -0.4 is 5.73 Å². The van der Waals surface area contributed by atoms with E-state index < -0.39 is 5.54 Å². The third kappa shape index (κ3) is 5.36. The summed E-state index contributed by atoms with van der Waals surface area (Å²) in [6.45, 7) is 5.47. The van der Waals surface area contributed by atoms with E-state index in [1.54, 1.807) is 0 Å². The van der Waals surface area contributed by atoms with Crippen molar-refractivity contribution in [3.63, 3.8) is 0 Å². The smallest absolute Gasteiger partial charge is 0.0608 e. The van der Waals surface area contributed by atoms with Crippen molar-refractivity contribution in [2.75, 3.05) is 20.2 Å². The molecule has 0 aromatic rings. The van der Waals surface area contributed by atoms with Crippen molar-refractivity contribution in [2.45, 2.75) is 64.0 Å². The highest BCUT2D eigenvalue weighted by Crippen LogP contribution is 2.26. The van der Waals surface area contributed by atoms with Gasteiger partial charge in [0.05, 0.1) is 6.61 Å². The predicted octanol–water partition coefficient (Wildman–Crippen LogP) is 1.99. The minimum absolute atomic E-state index is 0.0810. The molecule has 1 aliphatic rings. The van der Waals surface area contributed by atoms with E-state index in [4.69, 9.17) is 10.8 Å². The van der Waals surface area contributed by atoms with Crippen molar-refractivity contribution < 1.29 is 5.11 Å². The molecule has 3 N–H and O–H groups in total. The van der Waals surface area contributed by atoms with Crippen LogP contribution in [0.2, 0.25) is 0 Å². The Morgan fingerprint density at radius 1 is 1.29 bits per heavy atom. The zero-order valence-electron chi connectivity index (χ0n) is 11.8. The predicted molar refractivity (Wildman–Crippen MR) is 73.0 cm³/mol. The first kappa shape index (κ1) is 14.9. The average Bonchev–Trinajstić information content (AvgIpc) is 2.29. The maximum absolute atomic E-state index is 9.10. The lowest BCUT2D eigenvalue weighted by Crippen LogP contribution is -2.41. The Hall–Kier alpha value is -0.120. The topological polar surface area (TPSA) is 49.5 Å². The van der Waals surface area contributed by atoms with E-state index in [0.29, 0.717) is 0 Å². The van der Waals surface area contributed by atoms with Crippen LogP contribution in [0.15, 0.2) is 0 Å². The van der Waals surface area contributed by atoms with Crippen molar-refractivity contribution in [1.82, 2.24) is 4.90 Å². The number of rotatable bonds is 6. The van der Waals surface area contributed by atoms with E-state index in [-0.39, 0.29) is 6.61 Å². The Kier molecular flexibility index (Phi) is 5.90. The summed E-state index contributed by atoms with van der Waals surface area (Å²) < 4.78 is 0. The highest BCUT2D eigenvalue weighted by Gasteiger charge is 2.22. The van der Waals surface area contributed by atoms with Crippen LogP contribution in [0, 0.1) is 5.92 Å². The first-order valence-electron chi connectivity index (χ1n) is 7.04. The summed E-state index contributed by atoms with van der Waals surface area (Å²) in [4.78, 5) is 2.49. The average molecular weight is 242 g/mol. The molecule has 1 unspecified atom stereocenters. The van der Waals surface area contributed by atoms with Gasteiger partial charge in [-0.2, -0.15) is 0 Å². The number of aliphatic hydroxyl groups excluding tert-OH is 1. The molecule has 1 saturated carbocycles. The Morgan fingerprint density at radius 3 is 2.41 bits per heavy atom. The summed E-state index contributed by atoms with van der Waals surface area (Å²) in [5, 5.41) is 9.10. The number of nitrogens with zero attached hydrogens (tertiary/aromatic N) is 1. The van der Waals surface area contributed by atoms with E-state index in [9.17, 15) is 0 Å². The van der Waals surface area contributed by atoms with E-state index in [0.717, 1.165) is 31.3 Å². The minimum atomic E-state index is -0.401. The largest absolute Gasteiger partial charge is 0.394 e. The number of nitrogens with two attached hydrogens (primary N) is 1. The third-order valence-corrected chi connectivity index (χ3v) is 4.23. The van der Waals surface area contributed by atoms with Gasteiger partial charge < -0.3 is 15.7 Å². The summed E-state index contributed by atoms with van der Waals surface area (Å²) in [5.41, 5.74) is 5.53. The third-order valence-electron chi connectivity index (χ3n) is 4.23. The summed E-state index contributed by atoms with van der Waals surface area (Å²) in [6, 6.07) is 0.768. The SMILES string of the molecule is CC1CCC(N(C)CCCC(C)(N)CO)CC1. The summed E-state index contributed by atoms with van der Waals surface area (Å²) in [6.07, 6.45) is 7.42. The second kappa shape index (κ2) is 6.72. The van der Waals surface area contributed by atoms with Gasteiger partial charge in [0, 0.05) is 11.6 Å². The molecule has 0 bridgehead atoms. The molecule has 0 saturated heterocycles. The van der Waals surface area contributed by atoms with Crippen molar-refractivity contribution in [3.8, 4) is 0 Å². The van der Waals surface area contributed by atoms with Gasteiger partial charge in [0.15, 0.2) is 0 Å². The molecule has 1 fully saturated rings. The molecule has 0 radical (unpaired) electrons. The van der Waals surface area contributed by atoms with Gasteiger partial charge >= 0.3 is 0 Å². The van der Waals surface area contributed by atoms with E-state index >= 15 is 0 Å². The first-order chi connectivity index (χ1) is 7.94. The van der Waals surface area contributed by atoms with Gasteiger partial charge in [-0.3, -0.25) is 0 Å². The highest BCUT2D eigenvalue weighted by molar-refractivity contribution is 4.80. The molecule has 0 aromatic carbocycles. The molecule has 1 rings (SSSR count). The molecule has 0 heterocycles. The molecule has 1 aliphatic carbocycles. The lowest BCUT2D eigenvalue weighted by atomic mass is 9.86. The van der Waals surface area contributed by atoms with Gasteiger partial charge in [-0.1, -0.05) is 6.92 Å². The second-order valence-corrected chi connectivity index (χ2v) is 6.31. The van der Waals surface area contributed by atoms with Gasteiger partial charge in [-0.05, 0) is 65.0 Å². The molecular weight excluding hydrogens is 212 g/mol. The van der Waals surface area contributed by atoms with Crippen LogP contribution in [0.5, 0.6) is 0 Å². The molecule has 0 aromatic heterocycles. The van der Waals surface area contributed by atoms with Crippen molar-refractivity contribution >= 4 is 0 Å². The molecule has 3 heteroatoms. The normalized spacial score (nSPS) is 29.3. The van der Waals surface area contributed by atoms with E-state index in [2.05, 4.69) is 18.9 Å². The van der Waals surface area contributed by atoms with Gasteiger partial charge in [-0.15, -0.1) is 0 Å². The molecule has 0 aliphatic heterocycles. The lowest BCUT2D eigenvalue weighted by molar-refractivity contribution is 0.155.